The molecule has 274 valence electrons. The lowest BCUT2D eigenvalue weighted by molar-refractivity contribution is 0.672. The van der Waals surface area contributed by atoms with Crippen LogP contribution in [0.15, 0.2) is 186 Å². The minimum absolute atomic E-state index is 0.592. The smallest absolute Gasteiger partial charge is 0.164 e. The molecule has 0 bridgehead atoms. The lowest BCUT2D eigenvalue weighted by atomic mass is 10.0. The normalized spacial score (nSPS) is 12.1. The Morgan fingerprint density at radius 2 is 1.12 bits per heavy atom. The Kier molecular flexibility index (Phi) is 6.82. The number of aromatic nitrogens is 4. The molecule has 9 aromatic carbocycles. The second kappa shape index (κ2) is 12.4. The van der Waals surface area contributed by atoms with Crippen LogP contribution >= 0.6 is 11.3 Å². The number of nitrogens with zero attached hydrogens (tertiary/aromatic N) is 4. The molecule has 0 fully saturated rings. The lowest BCUT2D eigenvalue weighted by Gasteiger charge is -2.13. The van der Waals surface area contributed by atoms with Gasteiger partial charge >= 0.3 is 0 Å². The number of benzene rings is 9. The quantitative estimate of drug-likeness (QED) is 0.179. The first-order valence-corrected chi connectivity index (χ1v) is 20.6. The molecule has 4 aromatic heterocycles. The molecule has 0 atom stereocenters. The Balaban J connectivity index is 1.11. The van der Waals surface area contributed by atoms with Crippen molar-refractivity contribution in [3.8, 4) is 39.9 Å². The van der Waals surface area contributed by atoms with Gasteiger partial charge < -0.3 is 8.98 Å². The fourth-order valence-corrected chi connectivity index (χ4v) is 10.2. The summed E-state index contributed by atoms with van der Waals surface area (Å²) in [4.78, 5) is 15.5. The van der Waals surface area contributed by atoms with Crippen LogP contribution in [0.1, 0.15) is 0 Å². The van der Waals surface area contributed by atoms with Crippen molar-refractivity contribution in [2.45, 2.75) is 0 Å². The van der Waals surface area contributed by atoms with Gasteiger partial charge in [0.05, 0.1) is 16.7 Å². The van der Waals surface area contributed by atoms with E-state index in [1.54, 1.807) is 0 Å². The molecule has 0 saturated carbocycles. The van der Waals surface area contributed by atoms with Gasteiger partial charge in [-0.2, -0.15) is 0 Å². The Labute approximate surface area is 341 Å². The van der Waals surface area contributed by atoms with E-state index in [1.807, 2.05) is 47.7 Å². The monoisotopic (exact) mass is 770 g/mol. The van der Waals surface area contributed by atoms with E-state index >= 15 is 0 Å². The van der Waals surface area contributed by atoms with Crippen molar-refractivity contribution >= 4 is 96.8 Å². The molecule has 0 aliphatic heterocycles. The number of hydrogen-bond acceptors (Lipinski definition) is 5. The fourth-order valence-electron chi connectivity index (χ4n) is 9.12. The molecular weight excluding hydrogens is 741 g/mol. The lowest BCUT2D eigenvalue weighted by Crippen LogP contribution is -2.00. The largest absolute Gasteiger partial charge is 0.455 e. The highest BCUT2D eigenvalue weighted by atomic mass is 32.1. The Morgan fingerprint density at radius 3 is 2.00 bits per heavy atom. The Morgan fingerprint density at radius 1 is 0.407 bits per heavy atom. The van der Waals surface area contributed by atoms with Crippen molar-refractivity contribution in [1.29, 1.82) is 0 Å². The highest BCUT2D eigenvalue weighted by molar-refractivity contribution is 7.25. The van der Waals surface area contributed by atoms with Crippen LogP contribution in [-0.2, 0) is 0 Å². The van der Waals surface area contributed by atoms with E-state index in [4.69, 9.17) is 19.4 Å². The van der Waals surface area contributed by atoms with Crippen LogP contribution in [0.2, 0.25) is 0 Å². The van der Waals surface area contributed by atoms with Crippen molar-refractivity contribution in [2.75, 3.05) is 0 Å². The Bertz CT molecular complexity index is 3860. The first-order chi connectivity index (χ1) is 29.2. The van der Waals surface area contributed by atoms with Gasteiger partial charge in [-0.05, 0) is 53.2 Å². The zero-order valence-electron chi connectivity index (χ0n) is 31.4. The van der Waals surface area contributed by atoms with E-state index < -0.39 is 0 Å². The van der Waals surface area contributed by atoms with Crippen LogP contribution in [0.25, 0.3) is 125 Å². The summed E-state index contributed by atoms with van der Waals surface area (Å²) in [7, 11) is 0. The average Bonchev–Trinajstić information content (AvgIpc) is 3.97. The second-order valence-electron chi connectivity index (χ2n) is 15.1. The molecule has 0 aliphatic carbocycles. The van der Waals surface area contributed by atoms with E-state index in [9.17, 15) is 0 Å². The highest BCUT2D eigenvalue weighted by Crippen LogP contribution is 2.45. The fraction of sp³-hybridized carbons (Fsp3) is 0. The number of furan rings is 1. The van der Waals surface area contributed by atoms with Gasteiger partial charge in [-0.1, -0.05) is 140 Å². The summed E-state index contributed by atoms with van der Waals surface area (Å²) < 4.78 is 11.9. The van der Waals surface area contributed by atoms with E-state index in [0.717, 1.165) is 66.0 Å². The summed E-state index contributed by atoms with van der Waals surface area (Å²) in [6.07, 6.45) is 0. The van der Waals surface area contributed by atoms with Crippen molar-refractivity contribution < 1.29 is 4.42 Å². The van der Waals surface area contributed by atoms with Crippen molar-refractivity contribution in [3.63, 3.8) is 0 Å². The van der Waals surface area contributed by atoms with Gasteiger partial charge in [-0.25, -0.2) is 15.0 Å². The number of hydrogen-bond donors (Lipinski definition) is 0. The summed E-state index contributed by atoms with van der Waals surface area (Å²) in [6.45, 7) is 0. The zero-order valence-corrected chi connectivity index (χ0v) is 32.2. The van der Waals surface area contributed by atoms with Gasteiger partial charge in [-0.15, -0.1) is 11.3 Å². The van der Waals surface area contributed by atoms with Crippen LogP contribution in [0.4, 0.5) is 0 Å². The molecule has 0 N–H and O–H groups in total. The summed E-state index contributed by atoms with van der Waals surface area (Å²) in [5.74, 6) is 1.83. The molecule has 0 radical (unpaired) electrons. The van der Waals surface area contributed by atoms with Crippen LogP contribution in [0.3, 0.4) is 0 Å². The van der Waals surface area contributed by atoms with Crippen molar-refractivity contribution in [1.82, 2.24) is 19.5 Å². The minimum Gasteiger partial charge on any atom is -0.455 e. The van der Waals surface area contributed by atoms with Gasteiger partial charge in [0.15, 0.2) is 17.5 Å². The zero-order chi connectivity index (χ0) is 38.6. The number of rotatable bonds is 4. The summed E-state index contributed by atoms with van der Waals surface area (Å²) in [6, 6.07) is 64.3. The molecule has 59 heavy (non-hydrogen) atoms. The van der Waals surface area contributed by atoms with Gasteiger partial charge in [0.1, 0.15) is 11.2 Å². The maximum atomic E-state index is 6.87. The molecular formula is C53H30N4OS. The molecule has 6 heteroatoms. The molecule has 5 nitrogen and oxygen atoms in total. The van der Waals surface area contributed by atoms with E-state index in [2.05, 4.69) is 150 Å². The highest BCUT2D eigenvalue weighted by Gasteiger charge is 2.23. The molecule has 0 aliphatic rings. The van der Waals surface area contributed by atoms with E-state index in [0.29, 0.717) is 17.5 Å². The SMILES string of the molecule is c1ccc(-c2nc(-c3ccc4ccccc4c3)nc(-c3cccc4oc5c6ccccc6c(-n6c7ccccc7c7cc8c(cc76)sc6ccccc68)cc5c34)n2)cc1. The van der Waals surface area contributed by atoms with Crippen molar-refractivity contribution in [3.05, 3.63) is 182 Å². The van der Waals surface area contributed by atoms with E-state index in [1.165, 1.54) is 41.8 Å². The molecule has 13 aromatic rings. The maximum absolute atomic E-state index is 6.87. The van der Waals surface area contributed by atoms with Gasteiger partial charge in [0, 0.05) is 69.2 Å². The van der Waals surface area contributed by atoms with Gasteiger partial charge in [0.25, 0.3) is 0 Å². The third kappa shape index (κ3) is 4.87. The van der Waals surface area contributed by atoms with Crippen LogP contribution < -0.4 is 0 Å². The third-order valence-electron chi connectivity index (χ3n) is 11.8. The minimum atomic E-state index is 0.592. The predicted molar refractivity (Wildman–Crippen MR) is 246 cm³/mol. The average molecular weight is 771 g/mol. The summed E-state index contributed by atoms with van der Waals surface area (Å²) in [5, 5.41) is 11.5. The summed E-state index contributed by atoms with van der Waals surface area (Å²) in [5.41, 5.74) is 7.79. The molecule has 0 amide bonds. The topological polar surface area (TPSA) is 56.7 Å². The van der Waals surface area contributed by atoms with Crippen molar-refractivity contribution in [2.24, 2.45) is 0 Å². The van der Waals surface area contributed by atoms with Crippen LogP contribution in [-0.4, -0.2) is 19.5 Å². The maximum Gasteiger partial charge on any atom is 0.164 e. The molecule has 0 spiro atoms. The number of thiophene rings is 1. The van der Waals surface area contributed by atoms with Gasteiger partial charge in [-0.3, -0.25) is 0 Å². The second-order valence-corrected chi connectivity index (χ2v) is 16.2. The first-order valence-electron chi connectivity index (χ1n) is 19.8. The predicted octanol–water partition coefficient (Wildman–Crippen LogP) is 14.5. The molecule has 13 rings (SSSR count). The van der Waals surface area contributed by atoms with Crippen LogP contribution in [0, 0.1) is 0 Å². The molecule has 0 unspecified atom stereocenters. The molecule has 0 saturated heterocycles. The van der Waals surface area contributed by atoms with Gasteiger partial charge in [0.2, 0.25) is 0 Å². The Hall–Kier alpha value is -7.67. The van der Waals surface area contributed by atoms with Crippen LogP contribution in [0.5, 0.6) is 0 Å². The number of fused-ring (bicyclic) bond motifs is 12. The summed E-state index contributed by atoms with van der Waals surface area (Å²) >= 11 is 1.85. The number of para-hydroxylation sites is 1. The standard InChI is InChI=1S/C53H30N4OS/c1-2-14-32(15-3-1)51-54-52(34-26-25-31-13-4-5-16-33(31)27-34)56-53(55-51)39-21-12-23-46-49(39)42-29-44(35-17-6-7-20-38(35)50(42)58-46)57-43-22-10-8-18-36(43)40-28-41-37-19-9-11-24-47(37)59-48(41)30-45(40)57/h1-30H. The first kappa shape index (κ1) is 32.4. The molecule has 4 heterocycles. The third-order valence-corrected chi connectivity index (χ3v) is 12.9. The van der Waals surface area contributed by atoms with E-state index in [-0.39, 0.29) is 0 Å².